The van der Waals surface area contributed by atoms with Crippen molar-refractivity contribution in [3.05, 3.63) is 66.0 Å². The molecule has 0 fully saturated rings. The van der Waals surface area contributed by atoms with Crippen LogP contribution in [0.5, 0.6) is 0 Å². The fourth-order valence-electron chi connectivity index (χ4n) is 3.22. The maximum atomic E-state index is 6.08. The third-order valence-corrected chi connectivity index (χ3v) is 4.63. The zero-order valence-corrected chi connectivity index (χ0v) is 15.4. The summed E-state index contributed by atoms with van der Waals surface area (Å²) in [5.41, 5.74) is 10.9. The number of anilines is 1. The minimum atomic E-state index is 0.483. The SMILES string of the molecule is Cc1c#cc(COCCCCn2cnc3c(N)nc4ccccc4c32)cc1. The second-order valence-corrected chi connectivity index (χ2v) is 6.70. The fourth-order valence-corrected chi connectivity index (χ4v) is 3.22. The van der Waals surface area contributed by atoms with Crippen LogP contribution in [0.4, 0.5) is 5.82 Å². The molecule has 2 aromatic heterocycles. The number of nitrogens with two attached hydrogens (primary N) is 1. The summed E-state index contributed by atoms with van der Waals surface area (Å²) < 4.78 is 7.91. The lowest BCUT2D eigenvalue weighted by Crippen LogP contribution is -2.01. The van der Waals surface area contributed by atoms with Gasteiger partial charge in [0.25, 0.3) is 0 Å². The van der Waals surface area contributed by atoms with Crippen LogP contribution in [0, 0.1) is 19.1 Å². The Hall–Kier alpha value is -3.10. The van der Waals surface area contributed by atoms with Crippen molar-refractivity contribution in [1.29, 1.82) is 0 Å². The summed E-state index contributed by atoms with van der Waals surface area (Å²) in [4.78, 5) is 8.92. The average molecular weight is 358 g/mol. The Morgan fingerprint density at radius 3 is 2.85 bits per heavy atom. The first kappa shape index (κ1) is 17.3. The van der Waals surface area contributed by atoms with E-state index in [4.69, 9.17) is 10.5 Å². The van der Waals surface area contributed by atoms with E-state index in [1.54, 1.807) is 0 Å². The Labute approximate surface area is 158 Å². The monoisotopic (exact) mass is 358 g/mol. The van der Waals surface area contributed by atoms with Crippen LogP contribution in [-0.4, -0.2) is 21.1 Å². The summed E-state index contributed by atoms with van der Waals surface area (Å²) >= 11 is 0. The maximum absolute atomic E-state index is 6.08. The molecule has 0 saturated heterocycles. The van der Waals surface area contributed by atoms with Crippen molar-refractivity contribution in [2.45, 2.75) is 32.9 Å². The van der Waals surface area contributed by atoms with Gasteiger partial charge in [0.15, 0.2) is 5.82 Å². The van der Waals surface area contributed by atoms with Crippen LogP contribution in [-0.2, 0) is 17.9 Å². The number of para-hydroxylation sites is 1. The van der Waals surface area contributed by atoms with Gasteiger partial charge in [0.05, 0.1) is 24.0 Å². The second kappa shape index (κ2) is 7.65. The first-order valence-electron chi connectivity index (χ1n) is 9.18. The number of hydrogen-bond donors (Lipinski definition) is 1. The van der Waals surface area contributed by atoms with Crippen LogP contribution in [0.1, 0.15) is 24.0 Å². The minimum Gasteiger partial charge on any atom is -0.382 e. The Morgan fingerprint density at radius 2 is 2.00 bits per heavy atom. The standard InChI is InChI=1S/C22H22N4O/c1-16-8-10-17(11-9-16)14-27-13-5-4-12-26-15-24-20-21(26)18-6-2-3-7-19(18)25-22(20)23/h2-3,6-8,10,15H,4-5,12-14H2,1H3,(H2,23,25). The highest BCUT2D eigenvalue weighted by Crippen LogP contribution is 2.27. The molecule has 0 spiro atoms. The quantitative estimate of drug-likeness (QED) is 0.506. The number of pyridine rings is 1. The zero-order valence-electron chi connectivity index (χ0n) is 15.4. The van der Waals surface area contributed by atoms with Gasteiger partial charge in [-0.3, -0.25) is 0 Å². The first-order chi connectivity index (χ1) is 13.2. The molecule has 0 saturated carbocycles. The van der Waals surface area contributed by atoms with Crippen molar-refractivity contribution in [2.24, 2.45) is 0 Å². The van der Waals surface area contributed by atoms with Gasteiger partial charge in [-0.25, -0.2) is 9.97 Å². The van der Waals surface area contributed by atoms with Crippen molar-refractivity contribution in [3.63, 3.8) is 0 Å². The molecule has 0 aliphatic carbocycles. The van der Waals surface area contributed by atoms with E-state index in [0.717, 1.165) is 59.1 Å². The minimum absolute atomic E-state index is 0.483. The van der Waals surface area contributed by atoms with E-state index in [9.17, 15) is 0 Å². The van der Waals surface area contributed by atoms with E-state index in [1.807, 2.05) is 43.6 Å². The highest BCUT2D eigenvalue weighted by Gasteiger charge is 2.11. The Bertz CT molecular complexity index is 1050. The molecule has 0 bridgehead atoms. The smallest absolute Gasteiger partial charge is 0.152 e. The van der Waals surface area contributed by atoms with Gasteiger partial charge >= 0.3 is 0 Å². The number of nitrogens with zero attached hydrogens (tertiary/aromatic N) is 3. The van der Waals surface area contributed by atoms with Crippen molar-refractivity contribution < 1.29 is 4.74 Å². The molecule has 0 aliphatic heterocycles. The summed E-state index contributed by atoms with van der Waals surface area (Å²) in [6, 6.07) is 18.3. The van der Waals surface area contributed by atoms with Crippen LogP contribution in [0.2, 0.25) is 0 Å². The molecule has 2 aromatic carbocycles. The van der Waals surface area contributed by atoms with Gasteiger partial charge in [0.2, 0.25) is 0 Å². The van der Waals surface area contributed by atoms with Gasteiger partial charge in [-0.15, -0.1) is 0 Å². The maximum Gasteiger partial charge on any atom is 0.152 e. The van der Waals surface area contributed by atoms with E-state index in [1.165, 1.54) is 0 Å². The number of rotatable bonds is 7. The summed E-state index contributed by atoms with van der Waals surface area (Å²) in [6.45, 7) is 4.18. The third kappa shape index (κ3) is 3.71. The van der Waals surface area contributed by atoms with E-state index in [-0.39, 0.29) is 0 Å². The molecule has 27 heavy (non-hydrogen) atoms. The van der Waals surface area contributed by atoms with Crippen LogP contribution < -0.4 is 5.73 Å². The molecule has 2 N–H and O–H groups in total. The molecule has 5 nitrogen and oxygen atoms in total. The molecular formula is C22H22N4O. The number of nitrogen functional groups attached to an aromatic ring is 1. The third-order valence-electron chi connectivity index (χ3n) is 4.63. The summed E-state index contributed by atoms with van der Waals surface area (Å²) in [5.74, 6) is 0.483. The molecule has 0 aliphatic rings. The van der Waals surface area contributed by atoms with E-state index in [0.29, 0.717) is 12.4 Å². The van der Waals surface area contributed by atoms with E-state index >= 15 is 0 Å². The predicted molar refractivity (Wildman–Crippen MR) is 107 cm³/mol. The van der Waals surface area contributed by atoms with Crippen LogP contribution >= 0.6 is 0 Å². The molecule has 4 rings (SSSR count). The number of hydrogen-bond acceptors (Lipinski definition) is 4. The van der Waals surface area contributed by atoms with Crippen molar-refractivity contribution in [3.8, 4) is 0 Å². The van der Waals surface area contributed by atoms with Gasteiger partial charge in [-0.05, 0) is 43.5 Å². The summed E-state index contributed by atoms with van der Waals surface area (Å²) in [6.07, 6.45) is 3.84. The van der Waals surface area contributed by atoms with Crippen molar-refractivity contribution in [1.82, 2.24) is 14.5 Å². The predicted octanol–water partition coefficient (Wildman–Crippen LogP) is 4.07. The Morgan fingerprint density at radius 1 is 1.11 bits per heavy atom. The molecule has 2 heterocycles. The lowest BCUT2D eigenvalue weighted by atomic mass is 10.2. The second-order valence-electron chi connectivity index (χ2n) is 6.70. The molecule has 0 unspecified atom stereocenters. The number of aromatic nitrogens is 3. The molecular weight excluding hydrogens is 336 g/mol. The normalized spacial score (nSPS) is 11.1. The van der Waals surface area contributed by atoms with E-state index < -0.39 is 0 Å². The van der Waals surface area contributed by atoms with Gasteiger partial charge in [0.1, 0.15) is 5.52 Å². The van der Waals surface area contributed by atoms with Crippen molar-refractivity contribution >= 4 is 27.8 Å². The number of aryl methyl sites for hydroxylation is 2. The first-order valence-corrected chi connectivity index (χ1v) is 9.18. The molecule has 0 radical (unpaired) electrons. The fraction of sp³-hybridized carbons (Fsp3) is 0.273. The number of fused-ring (bicyclic) bond motifs is 3. The van der Waals surface area contributed by atoms with Crippen LogP contribution in [0.3, 0.4) is 0 Å². The van der Waals surface area contributed by atoms with Crippen LogP contribution in [0.25, 0.3) is 21.9 Å². The van der Waals surface area contributed by atoms with Gasteiger partial charge in [0, 0.05) is 24.1 Å². The number of unbranched alkanes of at least 4 members (excludes halogenated alkanes) is 1. The average Bonchev–Trinajstić information content (AvgIpc) is 3.11. The van der Waals surface area contributed by atoms with Gasteiger partial charge in [-0.1, -0.05) is 30.3 Å². The molecule has 4 aromatic rings. The number of benzene rings is 1. The van der Waals surface area contributed by atoms with Crippen LogP contribution in [0.15, 0.2) is 42.7 Å². The highest BCUT2D eigenvalue weighted by molar-refractivity contribution is 6.06. The number of ether oxygens (including phenoxy) is 1. The van der Waals surface area contributed by atoms with Gasteiger partial charge in [-0.2, -0.15) is 0 Å². The summed E-state index contributed by atoms with van der Waals surface area (Å²) in [7, 11) is 0. The Balaban J connectivity index is 1.36. The Kier molecular flexibility index (Phi) is 4.91. The molecule has 5 heteroatoms. The van der Waals surface area contributed by atoms with E-state index in [2.05, 4.69) is 32.7 Å². The zero-order chi connectivity index (χ0) is 18.6. The molecule has 0 atom stereocenters. The highest BCUT2D eigenvalue weighted by atomic mass is 16.5. The van der Waals surface area contributed by atoms with Crippen molar-refractivity contribution in [2.75, 3.05) is 12.3 Å². The van der Waals surface area contributed by atoms with Gasteiger partial charge < -0.3 is 15.0 Å². The lowest BCUT2D eigenvalue weighted by molar-refractivity contribution is 0.116. The lowest BCUT2D eigenvalue weighted by Gasteiger charge is -2.08. The largest absolute Gasteiger partial charge is 0.382 e. The number of imidazole rings is 1. The molecule has 0 amide bonds. The topological polar surface area (TPSA) is 66.0 Å². The molecule has 136 valence electrons. The summed E-state index contributed by atoms with van der Waals surface area (Å²) in [5, 5.41) is 1.08.